The lowest BCUT2D eigenvalue weighted by molar-refractivity contribution is -0.275. The summed E-state index contributed by atoms with van der Waals surface area (Å²) >= 11 is 2.13. The lowest BCUT2D eigenvalue weighted by atomic mass is 10.2. The van der Waals surface area contributed by atoms with Crippen LogP contribution in [0.2, 0.25) is 0 Å². The Hall–Kier alpha value is -0.800. The van der Waals surface area contributed by atoms with Gasteiger partial charge >= 0.3 is 0 Å². The molecule has 0 fully saturated rings. The Bertz CT molecular complexity index is 391. The van der Waals surface area contributed by atoms with E-state index >= 15 is 0 Å². The van der Waals surface area contributed by atoms with Crippen molar-refractivity contribution >= 4 is 22.6 Å². The molecule has 3 nitrogen and oxygen atoms in total. The van der Waals surface area contributed by atoms with E-state index in [-0.39, 0.29) is 5.60 Å². The van der Waals surface area contributed by atoms with Crippen LogP contribution in [0.3, 0.4) is 0 Å². The average molecular weight is 317 g/mol. The molecule has 0 aromatic heterocycles. The van der Waals surface area contributed by atoms with Crippen LogP contribution in [0.5, 0.6) is 5.75 Å². The fourth-order valence-corrected chi connectivity index (χ4v) is 1.23. The van der Waals surface area contributed by atoms with Gasteiger partial charge in [0.05, 0.1) is 15.2 Å². The maximum atomic E-state index is 8.73. The summed E-state index contributed by atoms with van der Waals surface area (Å²) in [6.07, 6.45) is 0. The first-order valence-corrected chi connectivity index (χ1v) is 5.55. The van der Waals surface area contributed by atoms with E-state index in [1.807, 2.05) is 26.8 Å². The molecule has 0 heterocycles. The van der Waals surface area contributed by atoms with Crippen LogP contribution in [-0.2, 0) is 4.89 Å². The number of benzene rings is 1. The third-order valence-corrected chi connectivity index (χ3v) is 2.33. The first-order valence-electron chi connectivity index (χ1n) is 4.48. The van der Waals surface area contributed by atoms with Crippen LogP contribution in [0.25, 0.3) is 0 Å². The van der Waals surface area contributed by atoms with Crippen molar-refractivity contribution in [1.29, 1.82) is 5.26 Å². The minimum atomic E-state index is -0.369. The lowest BCUT2D eigenvalue weighted by Crippen LogP contribution is -2.21. The van der Waals surface area contributed by atoms with E-state index in [0.29, 0.717) is 11.3 Å². The maximum Gasteiger partial charge on any atom is 0.180 e. The molecular formula is C11H12INO2. The highest BCUT2D eigenvalue weighted by Crippen LogP contribution is 2.23. The van der Waals surface area contributed by atoms with Crippen LogP contribution in [0, 0.1) is 14.9 Å². The number of halogens is 1. The van der Waals surface area contributed by atoms with Gasteiger partial charge in [-0.05, 0) is 55.5 Å². The molecule has 1 aromatic rings. The zero-order valence-corrected chi connectivity index (χ0v) is 11.0. The van der Waals surface area contributed by atoms with Crippen molar-refractivity contribution in [3.8, 4) is 11.8 Å². The molecule has 1 rings (SSSR count). The third-order valence-electron chi connectivity index (χ3n) is 1.44. The molecule has 0 amide bonds. The number of nitriles is 1. The molecule has 15 heavy (non-hydrogen) atoms. The van der Waals surface area contributed by atoms with E-state index in [9.17, 15) is 0 Å². The average Bonchev–Trinajstić information content (AvgIpc) is 2.15. The van der Waals surface area contributed by atoms with Gasteiger partial charge in [0.1, 0.15) is 5.60 Å². The summed E-state index contributed by atoms with van der Waals surface area (Å²) in [6.45, 7) is 5.69. The molecule has 0 saturated carbocycles. The molecule has 80 valence electrons. The third kappa shape index (κ3) is 4.06. The molecule has 4 heteroatoms. The molecule has 0 aliphatic carbocycles. The summed E-state index contributed by atoms with van der Waals surface area (Å²) in [5.74, 6) is 0.574. The monoisotopic (exact) mass is 317 g/mol. The highest BCUT2D eigenvalue weighted by Gasteiger charge is 2.14. The fourth-order valence-electron chi connectivity index (χ4n) is 0.807. The zero-order chi connectivity index (χ0) is 11.5. The second kappa shape index (κ2) is 4.81. The number of nitrogens with zero attached hydrogens (tertiary/aromatic N) is 1. The maximum absolute atomic E-state index is 8.73. The Morgan fingerprint density at radius 2 is 2.00 bits per heavy atom. The van der Waals surface area contributed by atoms with Gasteiger partial charge in [-0.3, -0.25) is 0 Å². The molecule has 0 aliphatic heterocycles. The summed E-state index contributed by atoms with van der Waals surface area (Å²) in [5, 5.41) is 8.73. The summed E-state index contributed by atoms with van der Waals surface area (Å²) in [7, 11) is 0. The Morgan fingerprint density at radius 1 is 1.33 bits per heavy atom. The Labute approximate surface area is 103 Å². The molecule has 0 spiro atoms. The van der Waals surface area contributed by atoms with E-state index in [2.05, 4.69) is 28.7 Å². The van der Waals surface area contributed by atoms with Crippen molar-refractivity contribution in [1.82, 2.24) is 0 Å². The van der Waals surface area contributed by atoms with Crippen molar-refractivity contribution in [2.75, 3.05) is 0 Å². The van der Waals surface area contributed by atoms with Crippen molar-refractivity contribution in [2.24, 2.45) is 0 Å². The van der Waals surface area contributed by atoms with Gasteiger partial charge in [-0.1, -0.05) is 0 Å². The Morgan fingerprint density at radius 3 is 2.53 bits per heavy atom. The molecule has 0 unspecified atom stereocenters. The topological polar surface area (TPSA) is 42.2 Å². The van der Waals surface area contributed by atoms with Gasteiger partial charge in [-0.25, -0.2) is 0 Å². The highest BCUT2D eigenvalue weighted by atomic mass is 127. The van der Waals surface area contributed by atoms with E-state index in [1.54, 1.807) is 12.1 Å². The molecular weight excluding hydrogens is 305 g/mol. The summed E-state index contributed by atoms with van der Waals surface area (Å²) < 4.78 is 0.913. The van der Waals surface area contributed by atoms with Gasteiger partial charge in [0.2, 0.25) is 0 Å². The quantitative estimate of drug-likeness (QED) is 0.478. The smallest absolute Gasteiger partial charge is 0.180 e. The van der Waals surface area contributed by atoms with Crippen LogP contribution < -0.4 is 4.89 Å². The second-order valence-electron chi connectivity index (χ2n) is 4.04. The van der Waals surface area contributed by atoms with E-state index in [0.717, 1.165) is 3.57 Å². The summed E-state index contributed by atoms with van der Waals surface area (Å²) in [5.41, 5.74) is 0.189. The molecule has 0 atom stereocenters. The van der Waals surface area contributed by atoms with Crippen LogP contribution >= 0.6 is 22.6 Å². The van der Waals surface area contributed by atoms with Gasteiger partial charge in [0.25, 0.3) is 0 Å². The first-order chi connectivity index (χ1) is 6.92. The van der Waals surface area contributed by atoms with Crippen LogP contribution in [-0.4, -0.2) is 5.60 Å². The number of hydrogen-bond acceptors (Lipinski definition) is 3. The van der Waals surface area contributed by atoms with Crippen LogP contribution in [0.15, 0.2) is 18.2 Å². The van der Waals surface area contributed by atoms with Crippen molar-refractivity contribution in [2.45, 2.75) is 26.4 Å². The molecule has 1 aromatic carbocycles. The molecule has 0 N–H and O–H groups in total. The lowest BCUT2D eigenvalue weighted by Gasteiger charge is -2.18. The van der Waals surface area contributed by atoms with E-state index < -0.39 is 0 Å². The van der Waals surface area contributed by atoms with Gasteiger partial charge in [-0.15, -0.1) is 0 Å². The molecule has 0 aliphatic rings. The van der Waals surface area contributed by atoms with E-state index in [1.165, 1.54) is 0 Å². The second-order valence-corrected chi connectivity index (χ2v) is 5.20. The normalized spacial score (nSPS) is 10.9. The van der Waals surface area contributed by atoms with Crippen LogP contribution in [0.4, 0.5) is 0 Å². The molecule has 0 bridgehead atoms. The zero-order valence-electron chi connectivity index (χ0n) is 8.87. The van der Waals surface area contributed by atoms with Crippen molar-refractivity contribution in [3.05, 3.63) is 27.3 Å². The first kappa shape index (κ1) is 12.3. The van der Waals surface area contributed by atoms with Crippen molar-refractivity contribution < 1.29 is 9.78 Å². The van der Waals surface area contributed by atoms with Gasteiger partial charge in [0.15, 0.2) is 5.75 Å². The molecule has 0 radical (unpaired) electrons. The highest BCUT2D eigenvalue weighted by molar-refractivity contribution is 14.1. The predicted molar refractivity (Wildman–Crippen MR) is 65.3 cm³/mol. The summed E-state index contributed by atoms with van der Waals surface area (Å²) in [6, 6.07) is 7.27. The predicted octanol–water partition coefficient (Wildman–Crippen LogP) is 3.27. The van der Waals surface area contributed by atoms with Gasteiger partial charge in [-0.2, -0.15) is 10.1 Å². The van der Waals surface area contributed by atoms with Crippen molar-refractivity contribution in [3.63, 3.8) is 0 Å². The number of rotatable bonds is 2. The Balaban J connectivity index is 2.81. The largest absolute Gasteiger partial charge is 0.336 e. The SMILES string of the molecule is CC(C)(C)OOc1cc(C#N)ccc1I. The van der Waals surface area contributed by atoms with E-state index in [4.69, 9.17) is 15.0 Å². The standard InChI is InChI=1S/C11H12INO2/c1-11(2,3)15-14-10-6-8(7-13)4-5-9(10)12/h4-6H,1-3H3. The molecule has 0 saturated heterocycles. The summed E-state index contributed by atoms with van der Waals surface area (Å²) in [4.78, 5) is 10.4. The minimum Gasteiger partial charge on any atom is -0.336 e. The van der Waals surface area contributed by atoms with Gasteiger partial charge in [0, 0.05) is 6.07 Å². The fraction of sp³-hybridized carbons (Fsp3) is 0.364. The Kier molecular flexibility index (Phi) is 3.94. The van der Waals surface area contributed by atoms with Gasteiger partial charge < -0.3 is 4.89 Å². The number of hydrogen-bond donors (Lipinski definition) is 0. The minimum absolute atomic E-state index is 0.369. The van der Waals surface area contributed by atoms with Crippen LogP contribution in [0.1, 0.15) is 26.3 Å².